The monoisotopic (exact) mass is 315 g/mol. The molecule has 0 aliphatic heterocycles. The normalized spacial score (nSPS) is 10.3. The lowest BCUT2D eigenvalue weighted by Gasteiger charge is -2.21. The molecule has 0 spiro atoms. The van der Waals surface area contributed by atoms with E-state index in [2.05, 4.69) is 6.58 Å². The van der Waals surface area contributed by atoms with Crippen molar-refractivity contribution in [1.29, 1.82) is 0 Å². The SMILES string of the molecule is C=C(C(=O)OCC)N(CC/C=C/C(=O)c1ccccc1)C(C)=O. The Hall–Kier alpha value is -2.69. The molecule has 0 radical (unpaired) electrons. The van der Waals surface area contributed by atoms with E-state index in [1.165, 1.54) is 17.9 Å². The van der Waals surface area contributed by atoms with E-state index in [4.69, 9.17) is 4.74 Å². The summed E-state index contributed by atoms with van der Waals surface area (Å²) in [6, 6.07) is 8.89. The molecule has 0 fully saturated rings. The first kappa shape index (κ1) is 18.4. The molecule has 0 bridgehead atoms. The number of allylic oxidation sites excluding steroid dienone is 1. The van der Waals surface area contributed by atoms with Gasteiger partial charge in [0.15, 0.2) is 5.78 Å². The highest BCUT2D eigenvalue weighted by Crippen LogP contribution is 2.07. The summed E-state index contributed by atoms with van der Waals surface area (Å²) in [7, 11) is 0. The van der Waals surface area contributed by atoms with Crippen molar-refractivity contribution in [2.24, 2.45) is 0 Å². The zero-order valence-corrected chi connectivity index (χ0v) is 13.5. The minimum absolute atomic E-state index is 0.00198. The largest absolute Gasteiger partial charge is 0.461 e. The van der Waals surface area contributed by atoms with Crippen LogP contribution >= 0.6 is 0 Å². The van der Waals surface area contributed by atoms with E-state index < -0.39 is 5.97 Å². The fourth-order valence-electron chi connectivity index (χ4n) is 1.90. The predicted molar refractivity (Wildman–Crippen MR) is 87.7 cm³/mol. The van der Waals surface area contributed by atoms with Gasteiger partial charge in [0.1, 0.15) is 5.70 Å². The van der Waals surface area contributed by atoms with Crippen LogP contribution in [0, 0.1) is 0 Å². The molecule has 0 aliphatic carbocycles. The Kier molecular flexibility index (Phi) is 7.47. The van der Waals surface area contributed by atoms with Crippen molar-refractivity contribution < 1.29 is 19.1 Å². The number of rotatable bonds is 8. The van der Waals surface area contributed by atoms with Gasteiger partial charge < -0.3 is 9.64 Å². The van der Waals surface area contributed by atoms with Crippen LogP contribution < -0.4 is 0 Å². The van der Waals surface area contributed by atoms with Crippen LogP contribution in [0.3, 0.4) is 0 Å². The predicted octanol–water partition coefficient (Wildman–Crippen LogP) is 2.74. The summed E-state index contributed by atoms with van der Waals surface area (Å²) in [6.07, 6.45) is 3.56. The molecule has 1 amide bonds. The highest BCUT2D eigenvalue weighted by Gasteiger charge is 2.19. The molecule has 23 heavy (non-hydrogen) atoms. The van der Waals surface area contributed by atoms with Gasteiger partial charge in [-0.3, -0.25) is 9.59 Å². The first-order chi connectivity index (χ1) is 11.0. The summed E-state index contributed by atoms with van der Waals surface area (Å²) in [5.41, 5.74) is 0.602. The van der Waals surface area contributed by atoms with Crippen molar-refractivity contribution in [2.75, 3.05) is 13.2 Å². The number of ether oxygens (including phenoxy) is 1. The molecule has 0 atom stereocenters. The third-order valence-electron chi connectivity index (χ3n) is 3.06. The van der Waals surface area contributed by atoms with Gasteiger partial charge in [-0.25, -0.2) is 4.79 Å². The molecule has 0 saturated carbocycles. The molecule has 5 heteroatoms. The minimum atomic E-state index is -0.618. The lowest BCUT2D eigenvalue weighted by molar-refractivity contribution is -0.143. The van der Waals surface area contributed by atoms with Crippen LogP contribution in [0.1, 0.15) is 30.6 Å². The van der Waals surface area contributed by atoms with Gasteiger partial charge in [-0.15, -0.1) is 0 Å². The zero-order chi connectivity index (χ0) is 17.2. The molecular weight excluding hydrogens is 294 g/mol. The van der Waals surface area contributed by atoms with Gasteiger partial charge in [-0.05, 0) is 19.4 Å². The first-order valence-electron chi connectivity index (χ1n) is 7.37. The van der Waals surface area contributed by atoms with Crippen LogP contribution in [0.4, 0.5) is 0 Å². The van der Waals surface area contributed by atoms with Gasteiger partial charge in [0.05, 0.1) is 6.61 Å². The number of hydrogen-bond donors (Lipinski definition) is 0. The van der Waals surface area contributed by atoms with Gasteiger partial charge >= 0.3 is 5.97 Å². The van der Waals surface area contributed by atoms with Crippen LogP contribution in [-0.4, -0.2) is 35.7 Å². The van der Waals surface area contributed by atoms with E-state index in [1.54, 1.807) is 37.3 Å². The molecule has 122 valence electrons. The zero-order valence-electron chi connectivity index (χ0n) is 13.5. The van der Waals surface area contributed by atoms with Crippen molar-refractivity contribution in [2.45, 2.75) is 20.3 Å². The van der Waals surface area contributed by atoms with Gasteiger partial charge in [-0.1, -0.05) is 43.0 Å². The smallest absolute Gasteiger partial charge is 0.354 e. The summed E-state index contributed by atoms with van der Waals surface area (Å²) < 4.78 is 4.83. The van der Waals surface area contributed by atoms with Crippen molar-refractivity contribution in [3.05, 3.63) is 60.3 Å². The van der Waals surface area contributed by atoms with Gasteiger partial charge in [-0.2, -0.15) is 0 Å². The number of nitrogens with zero attached hydrogens (tertiary/aromatic N) is 1. The molecule has 5 nitrogen and oxygen atoms in total. The Morgan fingerprint density at radius 2 is 1.87 bits per heavy atom. The van der Waals surface area contributed by atoms with E-state index in [1.807, 2.05) is 6.07 Å². The highest BCUT2D eigenvalue weighted by molar-refractivity contribution is 6.04. The van der Waals surface area contributed by atoms with Crippen molar-refractivity contribution >= 4 is 17.7 Å². The Balaban J connectivity index is 2.58. The number of carbonyl (C=O) groups is 3. The van der Waals surface area contributed by atoms with Crippen LogP contribution in [0.2, 0.25) is 0 Å². The maximum absolute atomic E-state index is 11.9. The Labute approximate surface area is 136 Å². The second-order valence-corrected chi connectivity index (χ2v) is 4.76. The minimum Gasteiger partial charge on any atom is -0.461 e. The fourth-order valence-corrected chi connectivity index (χ4v) is 1.90. The standard InChI is InChI=1S/C18H21NO4/c1-4-23-18(22)14(2)19(15(3)20)13-9-8-12-17(21)16-10-6-5-7-11-16/h5-8,10-12H,2,4,9,13H2,1,3H3/b12-8+. The molecule has 1 aromatic rings. The third kappa shape index (κ3) is 5.90. The van der Waals surface area contributed by atoms with Crippen molar-refractivity contribution in [1.82, 2.24) is 4.90 Å². The number of benzene rings is 1. The van der Waals surface area contributed by atoms with Crippen LogP contribution in [0.5, 0.6) is 0 Å². The summed E-state index contributed by atoms with van der Waals surface area (Å²) in [5.74, 6) is -1.03. The fraction of sp³-hybridized carbons (Fsp3) is 0.278. The maximum atomic E-state index is 11.9. The first-order valence-corrected chi connectivity index (χ1v) is 7.37. The van der Waals surface area contributed by atoms with Crippen molar-refractivity contribution in [3.8, 4) is 0 Å². The molecule has 0 heterocycles. The average molecular weight is 315 g/mol. The summed E-state index contributed by atoms with van der Waals surface area (Å²) in [5, 5.41) is 0. The van der Waals surface area contributed by atoms with E-state index in [9.17, 15) is 14.4 Å². The van der Waals surface area contributed by atoms with Gasteiger partial charge in [0, 0.05) is 19.0 Å². The van der Waals surface area contributed by atoms with Crippen LogP contribution in [0.15, 0.2) is 54.8 Å². The molecule has 1 rings (SSSR count). The molecule has 1 aromatic carbocycles. The Morgan fingerprint density at radius 1 is 1.22 bits per heavy atom. The average Bonchev–Trinajstić information content (AvgIpc) is 2.54. The molecule has 0 unspecified atom stereocenters. The molecule has 0 saturated heterocycles. The number of amides is 1. The third-order valence-corrected chi connectivity index (χ3v) is 3.06. The lowest BCUT2D eigenvalue weighted by Crippen LogP contribution is -2.32. The number of hydrogen-bond acceptors (Lipinski definition) is 4. The second-order valence-electron chi connectivity index (χ2n) is 4.76. The van der Waals surface area contributed by atoms with Gasteiger partial charge in [0.2, 0.25) is 5.91 Å². The van der Waals surface area contributed by atoms with Crippen LogP contribution in [-0.2, 0) is 14.3 Å². The number of esters is 1. The number of ketones is 1. The second kappa shape index (κ2) is 9.35. The molecule has 0 aromatic heterocycles. The van der Waals surface area contributed by atoms with E-state index in [-0.39, 0.29) is 30.5 Å². The Morgan fingerprint density at radius 3 is 2.43 bits per heavy atom. The lowest BCUT2D eigenvalue weighted by atomic mass is 10.1. The summed E-state index contributed by atoms with van der Waals surface area (Å²) in [6.45, 7) is 7.10. The molecule has 0 aliphatic rings. The molecule has 0 N–H and O–H groups in total. The van der Waals surface area contributed by atoms with Crippen LogP contribution in [0.25, 0.3) is 0 Å². The quantitative estimate of drug-likeness (QED) is 0.420. The highest BCUT2D eigenvalue weighted by atomic mass is 16.5. The Bertz CT molecular complexity index is 605. The van der Waals surface area contributed by atoms with E-state index >= 15 is 0 Å². The topological polar surface area (TPSA) is 63.7 Å². The van der Waals surface area contributed by atoms with Gasteiger partial charge in [0.25, 0.3) is 0 Å². The summed E-state index contributed by atoms with van der Waals surface area (Å²) >= 11 is 0. The molecular formula is C18H21NO4. The number of carbonyl (C=O) groups excluding carboxylic acids is 3. The summed E-state index contributed by atoms with van der Waals surface area (Å²) in [4.78, 5) is 36.4. The van der Waals surface area contributed by atoms with Crippen molar-refractivity contribution in [3.63, 3.8) is 0 Å². The van der Waals surface area contributed by atoms with E-state index in [0.29, 0.717) is 12.0 Å². The maximum Gasteiger partial charge on any atom is 0.354 e. The van der Waals surface area contributed by atoms with E-state index in [0.717, 1.165) is 0 Å².